The number of hydrogen-bond donors (Lipinski definition) is 2. The van der Waals surface area contributed by atoms with Gasteiger partial charge in [-0.1, -0.05) is 23.7 Å². The van der Waals surface area contributed by atoms with Crippen LogP contribution < -0.4 is 15.4 Å². The van der Waals surface area contributed by atoms with Crippen molar-refractivity contribution in [3.05, 3.63) is 59.1 Å². The van der Waals surface area contributed by atoms with Crippen LogP contribution in [0.2, 0.25) is 5.02 Å². The molecule has 0 heterocycles. The summed E-state index contributed by atoms with van der Waals surface area (Å²) in [5.74, 6) is 0.171. The Morgan fingerprint density at radius 3 is 2.48 bits per heavy atom. The van der Waals surface area contributed by atoms with Gasteiger partial charge in [0.25, 0.3) is 0 Å². The standard InChI is InChI=1S/C17H17ClN2O3/c1-23-15-7-5-14(6-8-15)20-17(22)11-19-16(21)10-12-3-2-4-13(18)9-12/h2-9H,10-11H2,1H3,(H,19,21)(H,20,22). The monoisotopic (exact) mass is 332 g/mol. The van der Waals surface area contributed by atoms with Gasteiger partial charge in [0.2, 0.25) is 11.8 Å². The summed E-state index contributed by atoms with van der Waals surface area (Å²) in [6.07, 6.45) is 0.177. The maximum atomic E-state index is 11.8. The molecule has 0 saturated carbocycles. The molecule has 0 radical (unpaired) electrons. The van der Waals surface area contributed by atoms with Crippen molar-refractivity contribution in [1.29, 1.82) is 0 Å². The van der Waals surface area contributed by atoms with Crippen LogP contribution in [0.1, 0.15) is 5.56 Å². The number of ether oxygens (including phenoxy) is 1. The summed E-state index contributed by atoms with van der Waals surface area (Å²) in [6, 6.07) is 14.0. The normalized spacial score (nSPS) is 10.0. The first-order chi connectivity index (χ1) is 11.1. The van der Waals surface area contributed by atoms with Crippen LogP contribution in [0.25, 0.3) is 0 Å². The third kappa shape index (κ3) is 5.64. The number of amides is 2. The molecule has 0 atom stereocenters. The number of benzene rings is 2. The summed E-state index contributed by atoms with van der Waals surface area (Å²) in [4.78, 5) is 23.6. The lowest BCUT2D eigenvalue weighted by Gasteiger charge is -2.08. The van der Waals surface area contributed by atoms with Crippen LogP contribution in [-0.2, 0) is 16.0 Å². The summed E-state index contributed by atoms with van der Waals surface area (Å²) in [7, 11) is 1.57. The molecule has 2 aromatic carbocycles. The lowest BCUT2D eigenvalue weighted by atomic mass is 10.1. The molecule has 0 unspecified atom stereocenters. The molecule has 0 saturated heterocycles. The highest BCUT2D eigenvalue weighted by Crippen LogP contribution is 2.14. The number of nitrogens with one attached hydrogen (secondary N) is 2. The molecular formula is C17H17ClN2O3. The van der Waals surface area contributed by atoms with Crippen LogP contribution in [0.3, 0.4) is 0 Å². The van der Waals surface area contributed by atoms with Crippen LogP contribution in [0.5, 0.6) is 5.75 Å². The molecular weight excluding hydrogens is 316 g/mol. The van der Waals surface area contributed by atoms with Gasteiger partial charge in [-0.15, -0.1) is 0 Å². The second kappa shape index (κ2) is 8.19. The average molecular weight is 333 g/mol. The van der Waals surface area contributed by atoms with Crippen molar-refractivity contribution in [2.45, 2.75) is 6.42 Å². The highest BCUT2D eigenvalue weighted by molar-refractivity contribution is 6.30. The second-order valence-electron chi connectivity index (χ2n) is 4.86. The Morgan fingerprint density at radius 1 is 1.09 bits per heavy atom. The molecule has 0 aliphatic carbocycles. The molecule has 2 aromatic rings. The van der Waals surface area contributed by atoms with Crippen molar-refractivity contribution in [3.63, 3.8) is 0 Å². The van der Waals surface area contributed by atoms with Crippen molar-refractivity contribution in [2.24, 2.45) is 0 Å². The van der Waals surface area contributed by atoms with E-state index in [4.69, 9.17) is 16.3 Å². The second-order valence-corrected chi connectivity index (χ2v) is 5.30. The zero-order valence-corrected chi connectivity index (χ0v) is 13.4. The van der Waals surface area contributed by atoms with Crippen molar-refractivity contribution in [2.75, 3.05) is 19.0 Å². The van der Waals surface area contributed by atoms with Crippen LogP contribution in [-0.4, -0.2) is 25.5 Å². The van der Waals surface area contributed by atoms with Gasteiger partial charge in [0, 0.05) is 10.7 Å². The Labute approximate surface area is 139 Å². The number of hydrogen-bond acceptors (Lipinski definition) is 3. The van der Waals surface area contributed by atoms with Crippen LogP contribution in [0, 0.1) is 0 Å². The minimum Gasteiger partial charge on any atom is -0.497 e. The third-order valence-corrected chi connectivity index (χ3v) is 3.31. The smallest absolute Gasteiger partial charge is 0.243 e. The molecule has 23 heavy (non-hydrogen) atoms. The van der Waals surface area contributed by atoms with E-state index in [1.807, 2.05) is 6.07 Å². The van der Waals surface area contributed by atoms with Crippen molar-refractivity contribution >= 4 is 29.1 Å². The Hall–Kier alpha value is -2.53. The van der Waals surface area contributed by atoms with E-state index in [0.29, 0.717) is 16.5 Å². The first kappa shape index (κ1) is 16.8. The van der Waals surface area contributed by atoms with Gasteiger partial charge in [-0.25, -0.2) is 0 Å². The fourth-order valence-corrected chi connectivity index (χ4v) is 2.17. The summed E-state index contributed by atoms with van der Waals surface area (Å²) in [5.41, 5.74) is 1.44. The highest BCUT2D eigenvalue weighted by atomic mass is 35.5. The quantitative estimate of drug-likeness (QED) is 0.854. The molecule has 0 bridgehead atoms. The number of carbonyl (C=O) groups excluding carboxylic acids is 2. The predicted octanol–water partition coefficient (Wildman–Crippen LogP) is 2.65. The van der Waals surface area contributed by atoms with Crippen LogP contribution >= 0.6 is 11.6 Å². The van der Waals surface area contributed by atoms with Gasteiger partial charge in [-0.3, -0.25) is 9.59 Å². The molecule has 2 amide bonds. The summed E-state index contributed by atoms with van der Waals surface area (Å²) in [5, 5.41) is 5.84. The minimum absolute atomic E-state index is 0.0918. The lowest BCUT2D eigenvalue weighted by molar-refractivity contribution is -0.123. The SMILES string of the molecule is COc1ccc(NC(=O)CNC(=O)Cc2cccc(Cl)c2)cc1. The van der Waals surface area contributed by atoms with E-state index in [1.165, 1.54) is 0 Å². The number of carbonyl (C=O) groups is 2. The van der Waals surface area contributed by atoms with Gasteiger partial charge in [0.1, 0.15) is 5.75 Å². The largest absolute Gasteiger partial charge is 0.497 e. The Kier molecular flexibility index (Phi) is 6.00. The zero-order chi connectivity index (χ0) is 16.7. The van der Waals surface area contributed by atoms with Crippen LogP contribution in [0.15, 0.2) is 48.5 Å². The average Bonchev–Trinajstić information content (AvgIpc) is 2.54. The van der Waals surface area contributed by atoms with E-state index in [9.17, 15) is 9.59 Å². The van der Waals surface area contributed by atoms with Gasteiger partial charge in [-0.2, -0.15) is 0 Å². The molecule has 6 heteroatoms. The molecule has 5 nitrogen and oxygen atoms in total. The van der Waals surface area contributed by atoms with Gasteiger partial charge in [0.05, 0.1) is 20.1 Å². The Morgan fingerprint density at radius 2 is 1.83 bits per heavy atom. The number of rotatable bonds is 6. The zero-order valence-electron chi connectivity index (χ0n) is 12.6. The molecule has 120 valence electrons. The molecule has 0 aliphatic heterocycles. The maximum absolute atomic E-state index is 11.8. The predicted molar refractivity (Wildman–Crippen MR) is 89.8 cm³/mol. The highest BCUT2D eigenvalue weighted by Gasteiger charge is 2.07. The molecule has 0 fully saturated rings. The minimum atomic E-state index is -0.297. The number of anilines is 1. The van der Waals surface area contributed by atoms with Gasteiger partial charge in [-0.05, 0) is 42.0 Å². The molecule has 2 N–H and O–H groups in total. The first-order valence-electron chi connectivity index (χ1n) is 7.02. The lowest BCUT2D eigenvalue weighted by Crippen LogP contribution is -2.33. The fourth-order valence-electron chi connectivity index (χ4n) is 1.95. The topological polar surface area (TPSA) is 67.4 Å². The van der Waals surface area contributed by atoms with E-state index in [2.05, 4.69) is 10.6 Å². The van der Waals surface area contributed by atoms with E-state index >= 15 is 0 Å². The van der Waals surface area contributed by atoms with E-state index < -0.39 is 0 Å². The number of methoxy groups -OCH3 is 1. The van der Waals surface area contributed by atoms with Gasteiger partial charge >= 0.3 is 0 Å². The summed E-state index contributed by atoms with van der Waals surface area (Å²) >= 11 is 5.86. The van der Waals surface area contributed by atoms with Gasteiger partial charge < -0.3 is 15.4 Å². The van der Waals surface area contributed by atoms with E-state index in [-0.39, 0.29) is 24.8 Å². The third-order valence-electron chi connectivity index (χ3n) is 3.07. The van der Waals surface area contributed by atoms with Gasteiger partial charge in [0.15, 0.2) is 0 Å². The molecule has 2 rings (SSSR count). The van der Waals surface area contributed by atoms with Crippen molar-refractivity contribution < 1.29 is 14.3 Å². The summed E-state index contributed by atoms with van der Waals surface area (Å²) in [6.45, 7) is -0.0918. The fraction of sp³-hybridized carbons (Fsp3) is 0.176. The Balaban J connectivity index is 1.78. The number of halogens is 1. The van der Waals surface area contributed by atoms with E-state index in [1.54, 1.807) is 49.6 Å². The Bertz CT molecular complexity index is 686. The van der Waals surface area contributed by atoms with Crippen LogP contribution in [0.4, 0.5) is 5.69 Å². The van der Waals surface area contributed by atoms with Crippen molar-refractivity contribution in [3.8, 4) is 5.75 Å². The molecule has 0 spiro atoms. The first-order valence-corrected chi connectivity index (χ1v) is 7.39. The maximum Gasteiger partial charge on any atom is 0.243 e. The molecule has 0 aromatic heterocycles. The van der Waals surface area contributed by atoms with Crippen molar-refractivity contribution in [1.82, 2.24) is 5.32 Å². The molecule has 0 aliphatic rings. The van der Waals surface area contributed by atoms with E-state index in [0.717, 1.165) is 5.56 Å². The summed E-state index contributed by atoms with van der Waals surface area (Å²) < 4.78 is 5.04.